The van der Waals surface area contributed by atoms with Gasteiger partial charge in [-0.2, -0.15) is 0 Å². The summed E-state index contributed by atoms with van der Waals surface area (Å²) in [6.45, 7) is 0.732. The molecule has 1 unspecified atom stereocenters. The summed E-state index contributed by atoms with van der Waals surface area (Å²) in [5.74, 6) is 0. The van der Waals surface area contributed by atoms with Crippen molar-refractivity contribution >= 4 is 5.69 Å². The molecular weight excluding hydrogens is 154 g/mol. The molecule has 0 fully saturated rings. The zero-order valence-electron chi connectivity index (χ0n) is 6.77. The zero-order chi connectivity index (χ0) is 8.81. The predicted octanol–water partition coefficient (Wildman–Crippen LogP) is -0.187. The minimum Gasteiger partial charge on any atom is -0.390 e. The number of nitrogens with two attached hydrogens (primary N) is 1. The summed E-state index contributed by atoms with van der Waals surface area (Å²) < 4.78 is 0. The lowest BCUT2D eigenvalue weighted by Crippen LogP contribution is -2.27. The monoisotopic (exact) mass is 167 g/mol. The van der Waals surface area contributed by atoms with E-state index in [9.17, 15) is 0 Å². The Kier molecular flexibility index (Phi) is 3.50. The molecule has 0 saturated carbocycles. The van der Waals surface area contributed by atoms with Crippen LogP contribution in [0.2, 0.25) is 0 Å². The second-order valence-electron chi connectivity index (χ2n) is 2.51. The van der Waals surface area contributed by atoms with E-state index >= 15 is 0 Å². The first-order chi connectivity index (χ1) is 5.83. The van der Waals surface area contributed by atoms with Crippen LogP contribution < -0.4 is 11.1 Å². The van der Waals surface area contributed by atoms with Gasteiger partial charge in [0.25, 0.3) is 0 Å². The van der Waals surface area contributed by atoms with E-state index in [4.69, 9.17) is 10.8 Å². The van der Waals surface area contributed by atoms with Crippen LogP contribution in [0.25, 0.3) is 0 Å². The van der Waals surface area contributed by atoms with Crippen molar-refractivity contribution in [1.29, 1.82) is 0 Å². The summed E-state index contributed by atoms with van der Waals surface area (Å²) in [6, 6.07) is 3.72. The summed E-state index contributed by atoms with van der Waals surface area (Å²) in [4.78, 5) is 3.91. The quantitative estimate of drug-likeness (QED) is 0.581. The van der Waals surface area contributed by atoms with Gasteiger partial charge in [-0.05, 0) is 12.1 Å². The number of aliphatic hydroxyl groups is 1. The van der Waals surface area contributed by atoms with Gasteiger partial charge in [0.1, 0.15) is 0 Å². The maximum Gasteiger partial charge on any atom is 0.0834 e. The largest absolute Gasteiger partial charge is 0.390 e. The van der Waals surface area contributed by atoms with Crippen LogP contribution in [0.15, 0.2) is 24.5 Å². The number of aromatic nitrogens is 1. The van der Waals surface area contributed by atoms with Crippen LogP contribution in [0.5, 0.6) is 0 Å². The molecule has 0 aliphatic heterocycles. The Balaban J connectivity index is 2.33. The van der Waals surface area contributed by atoms with Gasteiger partial charge in [0.15, 0.2) is 0 Å². The molecule has 1 aromatic rings. The summed E-state index contributed by atoms with van der Waals surface area (Å²) in [6.07, 6.45) is 2.90. The van der Waals surface area contributed by atoms with E-state index in [1.807, 2.05) is 12.1 Å². The molecule has 1 atom stereocenters. The number of aliphatic hydroxyl groups excluding tert-OH is 1. The average Bonchev–Trinajstić information content (AvgIpc) is 2.16. The van der Waals surface area contributed by atoms with E-state index in [0.717, 1.165) is 5.69 Å². The molecule has 0 spiro atoms. The lowest BCUT2D eigenvalue weighted by atomic mass is 10.3. The Morgan fingerprint density at radius 2 is 2.50 bits per heavy atom. The van der Waals surface area contributed by atoms with Gasteiger partial charge in [0.05, 0.1) is 11.8 Å². The van der Waals surface area contributed by atoms with Crippen molar-refractivity contribution in [2.45, 2.75) is 6.10 Å². The van der Waals surface area contributed by atoms with Gasteiger partial charge in [-0.15, -0.1) is 0 Å². The number of anilines is 1. The zero-order valence-corrected chi connectivity index (χ0v) is 6.77. The molecule has 0 amide bonds. The third-order valence-corrected chi connectivity index (χ3v) is 1.48. The summed E-state index contributed by atoms with van der Waals surface area (Å²) in [7, 11) is 0. The van der Waals surface area contributed by atoms with Crippen LogP contribution in [-0.2, 0) is 0 Å². The van der Waals surface area contributed by atoms with E-state index in [0.29, 0.717) is 6.54 Å². The van der Waals surface area contributed by atoms with E-state index in [1.54, 1.807) is 12.4 Å². The van der Waals surface area contributed by atoms with Crippen molar-refractivity contribution in [3.63, 3.8) is 0 Å². The van der Waals surface area contributed by atoms with Crippen LogP contribution in [-0.4, -0.2) is 29.3 Å². The Morgan fingerprint density at radius 3 is 3.08 bits per heavy atom. The molecule has 4 heteroatoms. The topological polar surface area (TPSA) is 71.2 Å². The van der Waals surface area contributed by atoms with Gasteiger partial charge in [0, 0.05) is 25.5 Å². The average molecular weight is 167 g/mol. The maximum atomic E-state index is 9.11. The Bertz CT molecular complexity index is 215. The normalized spacial score (nSPS) is 12.5. The van der Waals surface area contributed by atoms with Crippen LogP contribution in [0.3, 0.4) is 0 Å². The fourth-order valence-corrected chi connectivity index (χ4v) is 0.786. The van der Waals surface area contributed by atoms with E-state index in [-0.39, 0.29) is 6.54 Å². The highest BCUT2D eigenvalue weighted by Crippen LogP contribution is 2.01. The summed E-state index contributed by atoms with van der Waals surface area (Å²) >= 11 is 0. The van der Waals surface area contributed by atoms with Crippen molar-refractivity contribution in [2.24, 2.45) is 5.73 Å². The third-order valence-electron chi connectivity index (χ3n) is 1.48. The van der Waals surface area contributed by atoms with E-state index in [1.165, 1.54) is 0 Å². The standard InChI is InChI=1S/C8H13N3O/c9-4-8(12)6-11-7-2-1-3-10-5-7/h1-3,5,8,11-12H,4,6,9H2. The first-order valence-corrected chi connectivity index (χ1v) is 3.85. The Labute approximate surface area is 71.4 Å². The first-order valence-electron chi connectivity index (χ1n) is 3.85. The molecule has 66 valence electrons. The molecule has 1 aromatic heterocycles. The van der Waals surface area contributed by atoms with E-state index < -0.39 is 6.10 Å². The predicted molar refractivity (Wildman–Crippen MR) is 47.8 cm³/mol. The van der Waals surface area contributed by atoms with Crippen LogP contribution in [0.1, 0.15) is 0 Å². The molecule has 4 N–H and O–H groups in total. The molecule has 0 aliphatic rings. The fraction of sp³-hybridized carbons (Fsp3) is 0.375. The minimum atomic E-state index is -0.495. The molecule has 1 heterocycles. The van der Waals surface area contributed by atoms with Gasteiger partial charge in [-0.3, -0.25) is 4.98 Å². The molecule has 0 aromatic carbocycles. The Morgan fingerprint density at radius 1 is 1.67 bits per heavy atom. The highest BCUT2D eigenvalue weighted by atomic mass is 16.3. The number of nitrogens with zero attached hydrogens (tertiary/aromatic N) is 1. The highest BCUT2D eigenvalue weighted by molar-refractivity contribution is 5.39. The number of pyridine rings is 1. The molecule has 12 heavy (non-hydrogen) atoms. The molecule has 0 saturated heterocycles. The smallest absolute Gasteiger partial charge is 0.0834 e. The number of rotatable bonds is 4. The molecule has 1 rings (SSSR count). The highest BCUT2D eigenvalue weighted by Gasteiger charge is 1.98. The van der Waals surface area contributed by atoms with Gasteiger partial charge in [-0.1, -0.05) is 0 Å². The SMILES string of the molecule is NCC(O)CNc1cccnc1. The van der Waals surface area contributed by atoms with Crippen molar-refractivity contribution in [3.8, 4) is 0 Å². The van der Waals surface area contributed by atoms with Crippen molar-refractivity contribution < 1.29 is 5.11 Å². The molecule has 0 radical (unpaired) electrons. The van der Waals surface area contributed by atoms with Crippen molar-refractivity contribution in [1.82, 2.24) is 4.98 Å². The molecule has 0 aliphatic carbocycles. The van der Waals surface area contributed by atoms with E-state index in [2.05, 4.69) is 10.3 Å². The van der Waals surface area contributed by atoms with Gasteiger partial charge < -0.3 is 16.2 Å². The van der Waals surface area contributed by atoms with Gasteiger partial charge in [0.2, 0.25) is 0 Å². The molecular formula is C8H13N3O. The molecule has 4 nitrogen and oxygen atoms in total. The third kappa shape index (κ3) is 2.86. The van der Waals surface area contributed by atoms with Gasteiger partial charge >= 0.3 is 0 Å². The van der Waals surface area contributed by atoms with Crippen LogP contribution in [0, 0.1) is 0 Å². The first kappa shape index (κ1) is 8.96. The summed E-state index contributed by atoms with van der Waals surface area (Å²) in [5, 5.41) is 12.1. The number of hydrogen-bond donors (Lipinski definition) is 3. The lowest BCUT2D eigenvalue weighted by molar-refractivity contribution is 0.196. The van der Waals surface area contributed by atoms with Crippen LogP contribution in [0.4, 0.5) is 5.69 Å². The number of nitrogens with one attached hydrogen (secondary N) is 1. The Hall–Kier alpha value is -1.13. The lowest BCUT2D eigenvalue weighted by Gasteiger charge is -2.09. The second-order valence-corrected chi connectivity index (χ2v) is 2.51. The van der Waals surface area contributed by atoms with Crippen molar-refractivity contribution in [2.75, 3.05) is 18.4 Å². The van der Waals surface area contributed by atoms with Crippen molar-refractivity contribution in [3.05, 3.63) is 24.5 Å². The molecule has 0 bridgehead atoms. The second kappa shape index (κ2) is 4.69. The van der Waals surface area contributed by atoms with Gasteiger partial charge in [-0.25, -0.2) is 0 Å². The maximum absolute atomic E-state index is 9.11. The number of hydrogen-bond acceptors (Lipinski definition) is 4. The van der Waals surface area contributed by atoms with Crippen LogP contribution >= 0.6 is 0 Å². The minimum absolute atomic E-state index is 0.271. The fourth-order valence-electron chi connectivity index (χ4n) is 0.786. The summed E-state index contributed by atoms with van der Waals surface area (Å²) in [5.41, 5.74) is 6.12.